The molecule has 0 fully saturated rings. The van der Waals surface area contributed by atoms with Crippen LogP contribution in [-0.4, -0.2) is 31.2 Å². The molecule has 0 saturated carbocycles. The maximum Gasteiger partial charge on any atom is 0.326 e. The molecule has 0 aliphatic heterocycles. The molecule has 16 heavy (non-hydrogen) atoms. The van der Waals surface area contributed by atoms with Gasteiger partial charge in [0.25, 0.3) is 0 Å². The van der Waals surface area contributed by atoms with Crippen molar-refractivity contribution in [1.29, 1.82) is 0 Å². The predicted octanol–water partition coefficient (Wildman–Crippen LogP) is 2.03. The third-order valence-corrected chi connectivity index (χ3v) is 2.43. The van der Waals surface area contributed by atoms with E-state index in [4.69, 9.17) is 5.11 Å². The number of rotatable bonds is 5. The predicted molar refractivity (Wildman–Crippen MR) is 66.1 cm³/mol. The zero-order valence-corrected chi connectivity index (χ0v) is 9.90. The monoisotopic (exact) mass is 222 g/mol. The number of benzene rings is 1. The van der Waals surface area contributed by atoms with E-state index in [1.54, 1.807) is 0 Å². The molecule has 0 aliphatic carbocycles. The van der Waals surface area contributed by atoms with E-state index in [-0.39, 0.29) is 0 Å². The number of hydrogen-bond donors (Lipinski definition) is 2. The highest BCUT2D eigenvalue weighted by molar-refractivity contribution is 5.77. The molecular formula is C12H18N2O2. The second kappa shape index (κ2) is 5.39. The molecule has 2 N–H and O–H groups in total. The van der Waals surface area contributed by atoms with Crippen molar-refractivity contribution in [3.63, 3.8) is 0 Å². The van der Waals surface area contributed by atoms with Gasteiger partial charge in [-0.3, -0.25) is 0 Å². The van der Waals surface area contributed by atoms with Crippen molar-refractivity contribution in [1.82, 2.24) is 0 Å². The van der Waals surface area contributed by atoms with Crippen molar-refractivity contribution in [2.45, 2.75) is 19.4 Å². The Kier molecular flexibility index (Phi) is 4.17. The molecule has 0 aliphatic rings. The van der Waals surface area contributed by atoms with Crippen LogP contribution in [0.4, 0.5) is 11.4 Å². The summed E-state index contributed by atoms with van der Waals surface area (Å²) in [7, 11) is 3.93. The van der Waals surface area contributed by atoms with Crippen molar-refractivity contribution in [3.8, 4) is 0 Å². The van der Waals surface area contributed by atoms with E-state index in [1.165, 1.54) is 0 Å². The summed E-state index contributed by atoms with van der Waals surface area (Å²) < 4.78 is 0. The van der Waals surface area contributed by atoms with Gasteiger partial charge < -0.3 is 15.3 Å². The van der Waals surface area contributed by atoms with E-state index >= 15 is 0 Å². The smallest absolute Gasteiger partial charge is 0.326 e. The Balaban J connectivity index is 2.71. The molecule has 1 rings (SSSR count). The highest BCUT2D eigenvalue weighted by Gasteiger charge is 2.13. The van der Waals surface area contributed by atoms with Gasteiger partial charge in [-0.25, -0.2) is 4.79 Å². The molecule has 0 radical (unpaired) electrons. The molecule has 0 amide bonds. The first-order chi connectivity index (χ1) is 7.54. The molecule has 1 aromatic rings. The van der Waals surface area contributed by atoms with E-state index in [9.17, 15) is 4.79 Å². The zero-order chi connectivity index (χ0) is 12.1. The van der Waals surface area contributed by atoms with Gasteiger partial charge in [0.15, 0.2) is 0 Å². The number of nitrogens with one attached hydrogen (secondary N) is 1. The summed E-state index contributed by atoms with van der Waals surface area (Å²) in [6.07, 6.45) is 0.560. The van der Waals surface area contributed by atoms with Crippen molar-refractivity contribution in [2.75, 3.05) is 24.3 Å². The van der Waals surface area contributed by atoms with E-state index < -0.39 is 12.0 Å². The van der Waals surface area contributed by atoms with Gasteiger partial charge in [-0.2, -0.15) is 0 Å². The average molecular weight is 222 g/mol. The van der Waals surface area contributed by atoms with Gasteiger partial charge in [-0.1, -0.05) is 6.92 Å². The summed E-state index contributed by atoms with van der Waals surface area (Å²) >= 11 is 0. The van der Waals surface area contributed by atoms with Gasteiger partial charge in [0.05, 0.1) is 0 Å². The molecule has 1 unspecified atom stereocenters. The third kappa shape index (κ3) is 3.15. The highest BCUT2D eigenvalue weighted by Crippen LogP contribution is 2.16. The minimum Gasteiger partial charge on any atom is -0.480 e. The Morgan fingerprint density at radius 1 is 1.38 bits per heavy atom. The van der Waals surface area contributed by atoms with Crippen LogP contribution in [0.1, 0.15) is 13.3 Å². The topological polar surface area (TPSA) is 52.6 Å². The number of carboxylic acid groups (broad SMARTS) is 1. The van der Waals surface area contributed by atoms with Crippen LogP contribution in [0.2, 0.25) is 0 Å². The lowest BCUT2D eigenvalue weighted by Gasteiger charge is -2.16. The lowest BCUT2D eigenvalue weighted by molar-refractivity contribution is -0.137. The second-order valence-electron chi connectivity index (χ2n) is 3.88. The molecule has 0 saturated heterocycles. The number of carboxylic acids is 1. The molecule has 88 valence electrons. The van der Waals surface area contributed by atoms with Crippen LogP contribution in [0.3, 0.4) is 0 Å². The van der Waals surface area contributed by atoms with Crippen LogP contribution >= 0.6 is 0 Å². The number of anilines is 2. The Morgan fingerprint density at radius 2 is 1.94 bits per heavy atom. The summed E-state index contributed by atoms with van der Waals surface area (Å²) in [5.74, 6) is -0.820. The fraction of sp³-hybridized carbons (Fsp3) is 0.417. The molecule has 1 atom stereocenters. The first-order valence-electron chi connectivity index (χ1n) is 5.31. The van der Waals surface area contributed by atoms with Gasteiger partial charge in [-0.15, -0.1) is 0 Å². The average Bonchev–Trinajstić information content (AvgIpc) is 2.26. The largest absolute Gasteiger partial charge is 0.480 e. The van der Waals surface area contributed by atoms with Crippen LogP contribution in [0, 0.1) is 0 Å². The standard InChI is InChI=1S/C12H18N2O2/c1-4-11(12(15)16)13-9-5-7-10(8-6-9)14(2)3/h5-8,11,13H,4H2,1-3H3,(H,15,16). The summed E-state index contributed by atoms with van der Waals surface area (Å²) in [4.78, 5) is 12.8. The normalized spacial score (nSPS) is 11.9. The Hall–Kier alpha value is -1.71. The Morgan fingerprint density at radius 3 is 2.31 bits per heavy atom. The zero-order valence-electron chi connectivity index (χ0n) is 9.90. The molecular weight excluding hydrogens is 204 g/mol. The van der Waals surface area contributed by atoms with Crippen molar-refractivity contribution in [2.24, 2.45) is 0 Å². The molecule has 0 spiro atoms. The number of hydrogen-bond acceptors (Lipinski definition) is 3. The van der Waals surface area contributed by atoms with Gasteiger partial charge in [0.2, 0.25) is 0 Å². The van der Waals surface area contributed by atoms with Crippen LogP contribution in [0.15, 0.2) is 24.3 Å². The maximum absolute atomic E-state index is 10.8. The summed E-state index contributed by atoms with van der Waals surface area (Å²) in [6.45, 7) is 1.85. The minimum absolute atomic E-state index is 0.523. The molecule has 4 heteroatoms. The van der Waals surface area contributed by atoms with Crippen LogP contribution in [-0.2, 0) is 4.79 Å². The summed E-state index contributed by atoms with van der Waals surface area (Å²) in [5, 5.41) is 11.9. The van der Waals surface area contributed by atoms with Gasteiger partial charge in [0, 0.05) is 25.5 Å². The summed E-state index contributed by atoms with van der Waals surface area (Å²) in [5.41, 5.74) is 1.92. The minimum atomic E-state index is -0.820. The van der Waals surface area contributed by atoms with E-state index in [1.807, 2.05) is 50.2 Å². The molecule has 0 bridgehead atoms. The first kappa shape index (κ1) is 12.4. The van der Waals surface area contributed by atoms with Crippen molar-refractivity contribution >= 4 is 17.3 Å². The van der Waals surface area contributed by atoms with E-state index in [0.29, 0.717) is 6.42 Å². The van der Waals surface area contributed by atoms with Crippen LogP contribution in [0.25, 0.3) is 0 Å². The lowest BCUT2D eigenvalue weighted by atomic mass is 10.2. The van der Waals surface area contributed by atoms with Crippen molar-refractivity contribution < 1.29 is 9.90 Å². The van der Waals surface area contributed by atoms with Gasteiger partial charge in [-0.05, 0) is 30.7 Å². The fourth-order valence-electron chi connectivity index (χ4n) is 1.40. The lowest BCUT2D eigenvalue weighted by Crippen LogP contribution is -2.28. The van der Waals surface area contributed by atoms with Gasteiger partial charge >= 0.3 is 5.97 Å². The molecule has 0 aromatic heterocycles. The highest BCUT2D eigenvalue weighted by atomic mass is 16.4. The maximum atomic E-state index is 10.8. The van der Waals surface area contributed by atoms with Gasteiger partial charge in [0.1, 0.15) is 6.04 Å². The molecule has 4 nitrogen and oxygen atoms in total. The van der Waals surface area contributed by atoms with Crippen LogP contribution in [0.5, 0.6) is 0 Å². The molecule has 0 heterocycles. The summed E-state index contributed by atoms with van der Waals surface area (Å²) in [6, 6.07) is 7.17. The quantitative estimate of drug-likeness (QED) is 0.800. The number of carbonyl (C=O) groups is 1. The SMILES string of the molecule is CCC(Nc1ccc(N(C)C)cc1)C(=O)O. The third-order valence-electron chi connectivity index (χ3n) is 2.43. The van der Waals surface area contributed by atoms with E-state index in [2.05, 4.69) is 5.32 Å². The van der Waals surface area contributed by atoms with E-state index in [0.717, 1.165) is 11.4 Å². The fourth-order valence-corrected chi connectivity index (χ4v) is 1.40. The first-order valence-corrected chi connectivity index (χ1v) is 5.31. The van der Waals surface area contributed by atoms with Crippen LogP contribution < -0.4 is 10.2 Å². The Bertz CT molecular complexity index is 347. The molecule has 1 aromatic carbocycles. The second-order valence-corrected chi connectivity index (χ2v) is 3.88. The number of aliphatic carboxylic acids is 1. The Labute approximate surface area is 95.9 Å². The van der Waals surface area contributed by atoms with Crippen molar-refractivity contribution in [3.05, 3.63) is 24.3 Å². The number of nitrogens with zero attached hydrogens (tertiary/aromatic N) is 1.